The first-order valence-corrected chi connectivity index (χ1v) is 4.86. The molecule has 1 rings (SSSR count). The Balaban J connectivity index is 2.42. The minimum absolute atomic E-state index is 0.160. The van der Waals surface area contributed by atoms with Crippen molar-refractivity contribution in [1.82, 2.24) is 9.80 Å². The molecule has 7 heteroatoms. The molecule has 1 unspecified atom stereocenters. The fourth-order valence-electron chi connectivity index (χ4n) is 1.24. The van der Waals surface area contributed by atoms with Gasteiger partial charge in [0.15, 0.2) is 6.29 Å². The van der Waals surface area contributed by atoms with Crippen molar-refractivity contribution in [3.05, 3.63) is 0 Å². The first-order chi connectivity index (χ1) is 7.02. The lowest BCUT2D eigenvalue weighted by atomic mass is 10.3. The van der Waals surface area contributed by atoms with Crippen molar-refractivity contribution < 1.29 is 19.2 Å². The summed E-state index contributed by atoms with van der Waals surface area (Å²) in [7, 11) is 7.50. The number of hydrogen-bond donors (Lipinski definition) is 1. The van der Waals surface area contributed by atoms with Crippen molar-refractivity contribution in [3.8, 4) is 0 Å². The van der Waals surface area contributed by atoms with Crippen molar-refractivity contribution in [2.45, 2.75) is 18.6 Å². The number of ether oxygens (including phenoxy) is 1. The van der Waals surface area contributed by atoms with E-state index in [-0.39, 0.29) is 7.69 Å². The molecule has 0 spiro atoms. The van der Waals surface area contributed by atoms with Gasteiger partial charge in [0, 0.05) is 0 Å². The van der Waals surface area contributed by atoms with E-state index in [0.717, 1.165) is 0 Å². The standard InChI is InChI=1S/C8H19BN2O4/c1-10(2)5-13-8-6(14-9-15-8)7(12)11(3)4/h6-9,12H,5H2,1-4H3/t6-,7?,8+/m1/s1. The lowest BCUT2D eigenvalue weighted by Crippen LogP contribution is -2.45. The van der Waals surface area contributed by atoms with Gasteiger partial charge in [0.25, 0.3) is 0 Å². The number of nitrogens with zero attached hydrogens (tertiary/aromatic N) is 2. The van der Waals surface area contributed by atoms with Gasteiger partial charge in [0.1, 0.15) is 19.1 Å². The predicted octanol–water partition coefficient (Wildman–Crippen LogP) is -1.59. The molecule has 0 radical (unpaired) electrons. The molecule has 0 aromatic heterocycles. The lowest BCUT2D eigenvalue weighted by Gasteiger charge is -2.28. The average molecular weight is 218 g/mol. The summed E-state index contributed by atoms with van der Waals surface area (Å²) in [4.78, 5) is 3.53. The molecule has 1 saturated heterocycles. The maximum absolute atomic E-state index is 9.79. The van der Waals surface area contributed by atoms with Gasteiger partial charge in [-0.05, 0) is 28.2 Å². The minimum atomic E-state index is -0.723. The number of aliphatic hydroxyl groups is 1. The zero-order valence-electron chi connectivity index (χ0n) is 9.71. The van der Waals surface area contributed by atoms with Crippen LogP contribution < -0.4 is 0 Å². The Morgan fingerprint density at radius 1 is 1.33 bits per heavy atom. The maximum atomic E-state index is 9.79. The molecule has 1 aliphatic heterocycles. The Bertz CT molecular complexity index is 193. The third-order valence-electron chi connectivity index (χ3n) is 2.08. The summed E-state index contributed by atoms with van der Waals surface area (Å²) in [5.74, 6) is 0. The van der Waals surface area contributed by atoms with Crippen LogP contribution in [0, 0.1) is 0 Å². The van der Waals surface area contributed by atoms with E-state index in [1.54, 1.807) is 19.0 Å². The van der Waals surface area contributed by atoms with E-state index in [2.05, 4.69) is 0 Å². The predicted molar refractivity (Wildman–Crippen MR) is 56.2 cm³/mol. The molecule has 3 atom stereocenters. The van der Waals surface area contributed by atoms with Crippen LogP contribution in [-0.4, -0.2) is 76.1 Å². The Morgan fingerprint density at radius 3 is 2.53 bits per heavy atom. The van der Waals surface area contributed by atoms with E-state index in [9.17, 15) is 5.11 Å². The summed E-state index contributed by atoms with van der Waals surface area (Å²) < 4.78 is 15.9. The molecule has 6 nitrogen and oxygen atoms in total. The van der Waals surface area contributed by atoms with E-state index < -0.39 is 18.6 Å². The van der Waals surface area contributed by atoms with E-state index >= 15 is 0 Å². The Labute approximate surface area is 91.0 Å². The molecule has 1 aliphatic rings. The molecule has 0 aromatic carbocycles. The van der Waals surface area contributed by atoms with Crippen LogP contribution in [0.5, 0.6) is 0 Å². The largest absolute Gasteiger partial charge is 0.440 e. The van der Waals surface area contributed by atoms with Crippen molar-refractivity contribution in [2.24, 2.45) is 0 Å². The lowest BCUT2D eigenvalue weighted by molar-refractivity contribution is -0.165. The van der Waals surface area contributed by atoms with Crippen molar-refractivity contribution in [2.75, 3.05) is 34.9 Å². The molecular formula is C8H19BN2O4. The fraction of sp³-hybridized carbons (Fsp3) is 1.00. The molecule has 0 bridgehead atoms. The van der Waals surface area contributed by atoms with E-state index in [1.807, 2.05) is 19.0 Å². The van der Waals surface area contributed by atoms with E-state index in [4.69, 9.17) is 14.0 Å². The molecular weight excluding hydrogens is 199 g/mol. The van der Waals surface area contributed by atoms with Crippen LogP contribution in [0.25, 0.3) is 0 Å². The summed E-state index contributed by atoms with van der Waals surface area (Å²) in [6, 6.07) is 0. The van der Waals surface area contributed by atoms with Crippen LogP contribution in [0.4, 0.5) is 0 Å². The van der Waals surface area contributed by atoms with Crippen LogP contribution in [0.3, 0.4) is 0 Å². The third kappa shape index (κ3) is 3.71. The van der Waals surface area contributed by atoms with Gasteiger partial charge in [-0.2, -0.15) is 0 Å². The topological polar surface area (TPSA) is 54.4 Å². The Kier molecular flexibility index (Phi) is 4.97. The summed E-state index contributed by atoms with van der Waals surface area (Å²) >= 11 is 0. The summed E-state index contributed by atoms with van der Waals surface area (Å²) in [6.45, 7) is 0.435. The first kappa shape index (κ1) is 12.9. The highest BCUT2D eigenvalue weighted by atomic mass is 16.8. The Hall–Kier alpha value is -0.175. The highest BCUT2D eigenvalue weighted by molar-refractivity contribution is 6.19. The number of rotatable bonds is 5. The van der Waals surface area contributed by atoms with E-state index in [1.165, 1.54) is 0 Å². The maximum Gasteiger partial charge on any atom is 0.440 e. The monoisotopic (exact) mass is 218 g/mol. The van der Waals surface area contributed by atoms with Crippen molar-refractivity contribution in [3.63, 3.8) is 0 Å². The van der Waals surface area contributed by atoms with Crippen molar-refractivity contribution in [1.29, 1.82) is 0 Å². The molecule has 0 saturated carbocycles. The molecule has 1 heterocycles. The van der Waals surface area contributed by atoms with Gasteiger partial charge in [-0.1, -0.05) is 0 Å². The quantitative estimate of drug-likeness (QED) is 0.443. The normalized spacial score (nSPS) is 28.5. The van der Waals surface area contributed by atoms with Gasteiger partial charge in [-0.3, -0.25) is 9.80 Å². The summed E-state index contributed by atoms with van der Waals surface area (Å²) in [5, 5.41) is 9.79. The molecule has 1 fully saturated rings. The van der Waals surface area contributed by atoms with E-state index in [0.29, 0.717) is 6.73 Å². The van der Waals surface area contributed by atoms with Crippen molar-refractivity contribution >= 4 is 7.69 Å². The minimum Gasteiger partial charge on any atom is -0.402 e. The zero-order chi connectivity index (χ0) is 11.4. The highest BCUT2D eigenvalue weighted by Crippen LogP contribution is 2.17. The highest BCUT2D eigenvalue weighted by Gasteiger charge is 2.37. The molecule has 0 aliphatic carbocycles. The fourth-order valence-corrected chi connectivity index (χ4v) is 1.24. The molecule has 0 aromatic rings. The van der Waals surface area contributed by atoms with Crippen LogP contribution >= 0.6 is 0 Å². The molecule has 0 amide bonds. The average Bonchev–Trinajstić information content (AvgIpc) is 2.60. The SMILES string of the molecule is CN(C)CO[C@H]1OBO[C@@H]1C(O)N(C)C. The summed E-state index contributed by atoms with van der Waals surface area (Å²) in [5.41, 5.74) is 0. The van der Waals surface area contributed by atoms with Gasteiger partial charge in [0.05, 0.1) is 0 Å². The van der Waals surface area contributed by atoms with Crippen LogP contribution in [0.15, 0.2) is 0 Å². The zero-order valence-corrected chi connectivity index (χ0v) is 9.71. The van der Waals surface area contributed by atoms with Gasteiger partial charge in [-0.15, -0.1) is 0 Å². The summed E-state index contributed by atoms with van der Waals surface area (Å²) in [6.07, 6.45) is -1.69. The van der Waals surface area contributed by atoms with Crippen LogP contribution in [0.2, 0.25) is 0 Å². The van der Waals surface area contributed by atoms with Crippen LogP contribution in [-0.2, 0) is 14.0 Å². The second-order valence-electron chi connectivity index (χ2n) is 4.04. The number of likely N-dealkylation sites (N-methyl/N-ethyl adjacent to an activating group) is 1. The second kappa shape index (κ2) is 5.79. The third-order valence-corrected chi connectivity index (χ3v) is 2.08. The number of aliphatic hydroxyl groups excluding tert-OH is 1. The second-order valence-corrected chi connectivity index (χ2v) is 4.04. The first-order valence-electron chi connectivity index (χ1n) is 4.86. The molecule has 15 heavy (non-hydrogen) atoms. The smallest absolute Gasteiger partial charge is 0.402 e. The van der Waals surface area contributed by atoms with Gasteiger partial charge >= 0.3 is 7.69 Å². The van der Waals surface area contributed by atoms with Gasteiger partial charge in [-0.25, -0.2) is 0 Å². The molecule has 1 N–H and O–H groups in total. The van der Waals surface area contributed by atoms with Gasteiger partial charge in [0.2, 0.25) is 0 Å². The van der Waals surface area contributed by atoms with Gasteiger partial charge < -0.3 is 19.2 Å². The number of hydrogen-bond acceptors (Lipinski definition) is 6. The molecule has 88 valence electrons. The van der Waals surface area contributed by atoms with Crippen LogP contribution in [0.1, 0.15) is 0 Å². The Morgan fingerprint density at radius 2 is 2.00 bits per heavy atom.